The van der Waals surface area contributed by atoms with Crippen molar-refractivity contribution in [2.75, 3.05) is 11.9 Å². The number of benzene rings is 2. The molecule has 0 unspecified atom stereocenters. The average molecular weight is 379 g/mol. The molecule has 0 aliphatic carbocycles. The molecular formula is C19H20Cl2N2O2. The minimum absolute atomic E-state index is 0.221. The van der Waals surface area contributed by atoms with Gasteiger partial charge in [-0.25, -0.2) is 0 Å². The van der Waals surface area contributed by atoms with Crippen molar-refractivity contribution in [2.24, 2.45) is 0 Å². The number of hydrogen-bond acceptors (Lipinski definition) is 2. The molecule has 0 atom stereocenters. The lowest BCUT2D eigenvalue weighted by Crippen LogP contribution is -2.29. The zero-order valence-electron chi connectivity index (χ0n) is 14.2. The normalized spacial score (nSPS) is 10.4. The molecule has 0 aromatic heterocycles. The second-order valence-corrected chi connectivity index (χ2v) is 6.65. The molecule has 2 amide bonds. The topological polar surface area (TPSA) is 58.2 Å². The summed E-state index contributed by atoms with van der Waals surface area (Å²) in [6.07, 6.45) is 0.349. The molecule has 25 heavy (non-hydrogen) atoms. The Kier molecular flexibility index (Phi) is 6.85. The van der Waals surface area contributed by atoms with E-state index in [1.54, 1.807) is 12.1 Å². The van der Waals surface area contributed by atoms with Crippen molar-refractivity contribution < 1.29 is 9.59 Å². The summed E-state index contributed by atoms with van der Waals surface area (Å²) in [4.78, 5) is 23.9. The fourth-order valence-electron chi connectivity index (χ4n) is 2.35. The predicted molar refractivity (Wildman–Crippen MR) is 102 cm³/mol. The minimum atomic E-state index is -0.337. The van der Waals surface area contributed by atoms with Gasteiger partial charge in [0.2, 0.25) is 11.8 Å². The van der Waals surface area contributed by atoms with Crippen molar-refractivity contribution in [3.8, 4) is 0 Å². The van der Waals surface area contributed by atoms with E-state index in [4.69, 9.17) is 23.2 Å². The first-order valence-corrected chi connectivity index (χ1v) is 8.69. The summed E-state index contributed by atoms with van der Waals surface area (Å²) in [6, 6.07) is 10.9. The first-order valence-electron chi connectivity index (χ1n) is 7.93. The highest BCUT2D eigenvalue weighted by Crippen LogP contribution is 2.21. The van der Waals surface area contributed by atoms with Crippen LogP contribution in [0.15, 0.2) is 36.4 Å². The van der Waals surface area contributed by atoms with Gasteiger partial charge in [0.25, 0.3) is 0 Å². The zero-order valence-corrected chi connectivity index (χ0v) is 15.7. The van der Waals surface area contributed by atoms with E-state index in [0.29, 0.717) is 23.0 Å². The molecule has 0 aliphatic rings. The van der Waals surface area contributed by atoms with E-state index in [1.165, 1.54) is 0 Å². The Morgan fingerprint density at radius 2 is 1.80 bits per heavy atom. The number of nitrogens with one attached hydrogen (secondary N) is 2. The number of rotatable bonds is 6. The minimum Gasteiger partial charge on any atom is -0.355 e. The standard InChI is InChI=1S/C19H20Cl2N2O2/c1-12-4-3-5-17(13(12)2)23-19(25)11-18(24)22-9-8-14-6-7-15(20)10-16(14)21/h3-7,10H,8-9,11H2,1-2H3,(H,22,24)(H,23,25). The quantitative estimate of drug-likeness (QED) is 0.736. The molecule has 2 N–H and O–H groups in total. The maximum Gasteiger partial charge on any atom is 0.233 e. The van der Waals surface area contributed by atoms with Crippen LogP contribution in [0.1, 0.15) is 23.1 Å². The van der Waals surface area contributed by atoms with E-state index in [-0.39, 0.29) is 18.2 Å². The van der Waals surface area contributed by atoms with Crippen LogP contribution in [0.3, 0.4) is 0 Å². The molecule has 0 aliphatic heterocycles. The highest BCUT2D eigenvalue weighted by Gasteiger charge is 2.11. The van der Waals surface area contributed by atoms with Gasteiger partial charge in [-0.2, -0.15) is 0 Å². The average Bonchev–Trinajstić information content (AvgIpc) is 2.54. The number of carbonyl (C=O) groups is 2. The van der Waals surface area contributed by atoms with Crippen molar-refractivity contribution in [1.29, 1.82) is 0 Å². The Labute approximate surface area is 157 Å². The van der Waals surface area contributed by atoms with Crippen LogP contribution in [0.5, 0.6) is 0 Å². The Bertz CT molecular complexity index is 791. The Morgan fingerprint density at radius 1 is 1.04 bits per heavy atom. The summed E-state index contributed by atoms with van der Waals surface area (Å²) < 4.78 is 0. The molecular weight excluding hydrogens is 359 g/mol. The zero-order chi connectivity index (χ0) is 18.4. The largest absolute Gasteiger partial charge is 0.355 e. The van der Waals surface area contributed by atoms with Crippen molar-refractivity contribution in [2.45, 2.75) is 26.7 Å². The second-order valence-electron chi connectivity index (χ2n) is 5.81. The molecule has 2 aromatic rings. The van der Waals surface area contributed by atoms with E-state index in [0.717, 1.165) is 22.4 Å². The molecule has 2 rings (SSSR count). The lowest BCUT2D eigenvalue weighted by atomic mass is 10.1. The summed E-state index contributed by atoms with van der Waals surface area (Å²) in [5, 5.41) is 6.63. The number of hydrogen-bond donors (Lipinski definition) is 2. The molecule has 0 bridgehead atoms. The fraction of sp³-hybridized carbons (Fsp3) is 0.263. The summed E-state index contributed by atoms with van der Waals surface area (Å²) in [5.41, 5.74) is 3.70. The van der Waals surface area contributed by atoms with E-state index < -0.39 is 0 Å². The van der Waals surface area contributed by atoms with Crippen LogP contribution in [0, 0.1) is 13.8 Å². The van der Waals surface area contributed by atoms with Gasteiger partial charge in [0.1, 0.15) is 6.42 Å². The lowest BCUT2D eigenvalue weighted by Gasteiger charge is -2.11. The van der Waals surface area contributed by atoms with Crippen LogP contribution in [0.2, 0.25) is 10.0 Å². The third-order valence-electron chi connectivity index (χ3n) is 3.93. The highest BCUT2D eigenvalue weighted by molar-refractivity contribution is 6.35. The molecule has 0 saturated heterocycles. The third kappa shape index (κ3) is 5.76. The number of amides is 2. The summed E-state index contributed by atoms with van der Waals surface area (Å²) in [6.45, 7) is 4.30. The smallest absolute Gasteiger partial charge is 0.233 e. The van der Waals surface area contributed by atoms with Crippen LogP contribution < -0.4 is 10.6 Å². The van der Waals surface area contributed by atoms with Crippen LogP contribution in [-0.2, 0) is 16.0 Å². The molecule has 4 nitrogen and oxygen atoms in total. The van der Waals surface area contributed by atoms with E-state index in [1.807, 2.05) is 38.1 Å². The van der Waals surface area contributed by atoms with E-state index in [9.17, 15) is 9.59 Å². The second kappa shape index (κ2) is 8.88. The predicted octanol–water partition coefficient (Wildman–Crippen LogP) is 4.30. The van der Waals surface area contributed by atoms with Crippen molar-refractivity contribution in [3.63, 3.8) is 0 Å². The highest BCUT2D eigenvalue weighted by atomic mass is 35.5. The van der Waals surface area contributed by atoms with Gasteiger partial charge in [0.15, 0.2) is 0 Å². The van der Waals surface area contributed by atoms with Gasteiger partial charge in [-0.3, -0.25) is 9.59 Å². The van der Waals surface area contributed by atoms with Gasteiger partial charge in [0, 0.05) is 22.3 Å². The molecule has 132 valence electrons. The third-order valence-corrected chi connectivity index (χ3v) is 4.52. The molecule has 6 heteroatoms. The fourth-order valence-corrected chi connectivity index (χ4v) is 2.85. The van der Waals surface area contributed by atoms with Gasteiger partial charge >= 0.3 is 0 Å². The monoisotopic (exact) mass is 378 g/mol. The van der Waals surface area contributed by atoms with Crippen molar-refractivity contribution in [1.82, 2.24) is 5.32 Å². The van der Waals surface area contributed by atoms with Crippen molar-refractivity contribution >= 4 is 40.7 Å². The Morgan fingerprint density at radius 3 is 2.52 bits per heavy atom. The molecule has 0 radical (unpaired) electrons. The summed E-state index contributed by atoms with van der Waals surface area (Å²) in [7, 11) is 0. The van der Waals surface area contributed by atoms with E-state index in [2.05, 4.69) is 10.6 Å². The first kappa shape index (κ1) is 19.3. The molecule has 2 aromatic carbocycles. The van der Waals surface area contributed by atoms with Gasteiger partial charge < -0.3 is 10.6 Å². The van der Waals surface area contributed by atoms with Gasteiger partial charge in [-0.15, -0.1) is 0 Å². The summed E-state index contributed by atoms with van der Waals surface area (Å²) >= 11 is 11.9. The number of anilines is 1. The van der Waals surface area contributed by atoms with Crippen LogP contribution >= 0.6 is 23.2 Å². The maximum atomic E-state index is 12.0. The Balaban J connectivity index is 1.79. The number of aryl methyl sites for hydroxylation is 1. The number of halogens is 2. The van der Waals surface area contributed by atoms with Crippen LogP contribution in [0.25, 0.3) is 0 Å². The number of carbonyl (C=O) groups excluding carboxylic acids is 2. The first-order chi connectivity index (χ1) is 11.9. The van der Waals surface area contributed by atoms with Crippen molar-refractivity contribution in [3.05, 3.63) is 63.1 Å². The van der Waals surface area contributed by atoms with Crippen LogP contribution in [0.4, 0.5) is 5.69 Å². The molecule has 0 fully saturated rings. The Hall–Kier alpha value is -2.04. The van der Waals surface area contributed by atoms with Gasteiger partial charge in [-0.1, -0.05) is 41.4 Å². The van der Waals surface area contributed by atoms with E-state index >= 15 is 0 Å². The van der Waals surface area contributed by atoms with Gasteiger partial charge in [0.05, 0.1) is 0 Å². The molecule has 0 heterocycles. The van der Waals surface area contributed by atoms with Gasteiger partial charge in [-0.05, 0) is 55.2 Å². The SMILES string of the molecule is Cc1cccc(NC(=O)CC(=O)NCCc2ccc(Cl)cc2Cl)c1C. The summed E-state index contributed by atoms with van der Waals surface area (Å²) in [5.74, 6) is -0.663. The maximum absolute atomic E-state index is 12.0. The molecule has 0 spiro atoms. The molecule has 0 saturated carbocycles. The lowest BCUT2D eigenvalue weighted by molar-refractivity contribution is -0.126. The van der Waals surface area contributed by atoms with Crippen LogP contribution in [-0.4, -0.2) is 18.4 Å².